The van der Waals surface area contributed by atoms with E-state index >= 15 is 0 Å². The molecule has 0 heterocycles. The number of hydrogen-bond donors (Lipinski definition) is 2. The van der Waals surface area contributed by atoms with Gasteiger partial charge < -0.3 is 10.2 Å². The van der Waals surface area contributed by atoms with Gasteiger partial charge in [0.15, 0.2) is 5.76 Å². The standard InChI is InChI=1S/C7H6O4/c8-3-4-1-5(9)2-6(10)7(4)11/h2-3,9,11H,1H2. The minimum absolute atomic E-state index is 0.0684. The van der Waals surface area contributed by atoms with Gasteiger partial charge in [0.2, 0.25) is 5.78 Å². The summed E-state index contributed by atoms with van der Waals surface area (Å²) in [6.45, 7) is 0. The van der Waals surface area contributed by atoms with Crippen LogP contribution in [-0.4, -0.2) is 22.3 Å². The molecule has 1 aliphatic rings. The van der Waals surface area contributed by atoms with Crippen molar-refractivity contribution in [3.8, 4) is 0 Å². The number of carbonyl (C=O) groups excluding carboxylic acids is 2. The SMILES string of the molecule is O=CC1=C(O)C(=O)C=C(O)C1. The fraction of sp³-hybridized carbons (Fsp3) is 0.143. The first-order valence-electron chi connectivity index (χ1n) is 2.96. The van der Waals surface area contributed by atoms with Gasteiger partial charge >= 0.3 is 0 Å². The molecule has 0 aromatic heterocycles. The number of allylic oxidation sites excluding steroid dienone is 2. The zero-order chi connectivity index (χ0) is 8.43. The maximum Gasteiger partial charge on any atom is 0.223 e. The lowest BCUT2D eigenvalue weighted by atomic mass is 10.0. The Labute approximate surface area is 62.5 Å². The van der Waals surface area contributed by atoms with Crippen molar-refractivity contribution < 1.29 is 19.8 Å². The van der Waals surface area contributed by atoms with E-state index in [1.165, 1.54) is 0 Å². The maximum atomic E-state index is 10.7. The molecule has 0 aliphatic heterocycles. The van der Waals surface area contributed by atoms with Gasteiger partial charge in [0, 0.05) is 18.1 Å². The van der Waals surface area contributed by atoms with E-state index in [4.69, 9.17) is 10.2 Å². The van der Waals surface area contributed by atoms with Crippen molar-refractivity contribution in [3.63, 3.8) is 0 Å². The van der Waals surface area contributed by atoms with Crippen molar-refractivity contribution >= 4 is 12.1 Å². The highest BCUT2D eigenvalue weighted by atomic mass is 16.3. The molecular formula is C7H6O4. The van der Waals surface area contributed by atoms with Gasteiger partial charge in [-0.3, -0.25) is 9.59 Å². The van der Waals surface area contributed by atoms with Gasteiger partial charge in [-0.05, 0) is 0 Å². The van der Waals surface area contributed by atoms with Crippen LogP contribution in [0, 0.1) is 0 Å². The molecule has 58 valence electrons. The Bertz CT molecular complexity index is 272. The average molecular weight is 154 g/mol. The molecule has 1 rings (SSSR count). The maximum absolute atomic E-state index is 10.7. The van der Waals surface area contributed by atoms with E-state index in [9.17, 15) is 9.59 Å². The number of aldehydes is 1. The zero-order valence-electron chi connectivity index (χ0n) is 5.57. The van der Waals surface area contributed by atoms with E-state index in [2.05, 4.69) is 0 Å². The van der Waals surface area contributed by atoms with Gasteiger partial charge in [0.25, 0.3) is 0 Å². The lowest BCUT2D eigenvalue weighted by Crippen LogP contribution is -2.10. The van der Waals surface area contributed by atoms with Crippen molar-refractivity contribution in [2.45, 2.75) is 6.42 Å². The first kappa shape index (κ1) is 7.53. The lowest BCUT2D eigenvalue weighted by Gasteiger charge is -2.07. The van der Waals surface area contributed by atoms with E-state index in [1.54, 1.807) is 0 Å². The molecule has 11 heavy (non-hydrogen) atoms. The quantitative estimate of drug-likeness (QED) is 0.536. The van der Waals surface area contributed by atoms with Crippen LogP contribution in [0.25, 0.3) is 0 Å². The summed E-state index contributed by atoms with van der Waals surface area (Å²) in [7, 11) is 0. The Morgan fingerprint density at radius 1 is 1.45 bits per heavy atom. The van der Waals surface area contributed by atoms with Crippen LogP contribution < -0.4 is 0 Å². The molecule has 4 heteroatoms. The number of hydrogen-bond acceptors (Lipinski definition) is 4. The predicted molar refractivity (Wildman–Crippen MR) is 36.1 cm³/mol. The number of ketones is 1. The van der Waals surface area contributed by atoms with Crippen molar-refractivity contribution in [3.05, 3.63) is 23.2 Å². The number of carbonyl (C=O) groups is 2. The Hall–Kier alpha value is -1.58. The number of rotatable bonds is 1. The molecule has 0 atom stereocenters. The molecule has 0 saturated heterocycles. The minimum Gasteiger partial charge on any atom is -0.512 e. The van der Waals surface area contributed by atoms with Crippen LogP contribution >= 0.6 is 0 Å². The van der Waals surface area contributed by atoms with Crippen molar-refractivity contribution in [2.75, 3.05) is 0 Å². The summed E-state index contributed by atoms with van der Waals surface area (Å²) < 4.78 is 0. The highest BCUT2D eigenvalue weighted by Crippen LogP contribution is 2.16. The molecule has 0 amide bonds. The molecular weight excluding hydrogens is 148 g/mol. The third kappa shape index (κ3) is 1.29. The van der Waals surface area contributed by atoms with Gasteiger partial charge in [0.05, 0.1) is 0 Å². The molecule has 4 nitrogen and oxygen atoms in total. The van der Waals surface area contributed by atoms with Gasteiger partial charge in [0.1, 0.15) is 12.0 Å². The first-order valence-corrected chi connectivity index (χ1v) is 2.96. The van der Waals surface area contributed by atoms with Crippen LogP contribution in [0.5, 0.6) is 0 Å². The monoisotopic (exact) mass is 154 g/mol. The molecule has 0 aromatic carbocycles. The fourth-order valence-electron chi connectivity index (χ4n) is 0.805. The van der Waals surface area contributed by atoms with Crippen LogP contribution in [0.2, 0.25) is 0 Å². The van der Waals surface area contributed by atoms with Crippen molar-refractivity contribution in [1.82, 2.24) is 0 Å². The van der Waals surface area contributed by atoms with E-state index in [-0.39, 0.29) is 17.8 Å². The molecule has 0 spiro atoms. The zero-order valence-corrected chi connectivity index (χ0v) is 5.57. The summed E-state index contributed by atoms with van der Waals surface area (Å²) in [5.41, 5.74) is -0.0741. The summed E-state index contributed by atoms with van der Waals surface area (Å²) in [6.07, 6.45) is 1.18. The topological polar surface area (TPSA) is 74.6 Å². The molecule has 0 bridgehead atoms. The van der Waals surface area contributed by atoms with Crippen molar-refractivity contribution in [1.29, 1.82) is 0 Å². The summed E-state index contributed by atoms with van der Waals surface area (Å²) in [4.78, 5) is 20.8. The van der Waals surface area contributed by atoms with E-state index in [1.807, 2.05) is 0 Å². The smallest absolute Gasteiger partial charge is 0.223 e. The molecule has 0 saturated carbocycles. The van der Waals surface area contributed by atoms with E-state index in [0.717, 1.165) is 6.08 Å². The Kier molecular flexibility index (Phi) is 1.76. The molecule has 0 aromatic rings. The summed E-state index contributed by atoms with van der Waals surface area (Å²) >= 11 is 0. The van der Waals surface area contributed by atoms with Gasteiger partial charge in [-0.25, -0.2) is 0 Å². The van der Waals surface area contributed by atoms with Crippen LogP contribution in [0.4, 0.5) is 0 Å². The first-order chi connectivity index (χ1) is 5.15. The highest BCUT2D eigenvalue weighted by Gasteiger charge is 2.18. The molecule has 0 radical (unpaired) electrons. The highest BCUT2D eigenvalue weighted by molar-refractivity contribution is 6.07. The molecule has 0 fully saturated rings. The minimum atomic E-state index is -0.726. The van der Waals surface area contributed by atoms with Crippen LogP contribution in [-0.2, 0) is 9.59 Å². The fourth-order valence-corrected chi connectivity index (χ4v) is 0.805. The second-order valence-electron chi connectivity index (χ2n) is 2.17. The van der Waals surface area contributed by atoms with Crippen LogP contribution in [0.3, 0.4) is 0 Å². The Morgan fingerprint density at radius 2 is 2.09 bits per heavy atom. The summed E-state index contributed by atoms with van der Waals surface area (Å²) in [6, 6.07) is 0. The number of aliphatic hydroxyl groups excluding tert-OH is 2. The number of aliphatic hydroxyl groups is 2. The summed E-state index contributed by atoms with van der Waals surface area (Å²) in [5.74, 6) is -1.50. The van der Waals surface area contributed by atoms with E-state index < -0.39 is 11.5 Å². The van der Waals surface area contributed by atoms with Crippen molar-refractivity contribution in [2.24, 2.45) is 0 Å². The molecule has 0 unspecified atom stereocenters. The van der Waals surface area contributed by atoms with Gasteiger partial charge in [-0.15, -0.1) is 0 Å². The van der Waals surface area contributed by atoms with Gasteiger partial charge in [-0.2, -0.15) is 0 Å². The molecule has 2 N–H and O–H groups in total. The summed E-state index contributed by atoms with van der Waals surface area (Å²) in [5, 5.41) is 17.7. The second kappa shape index (κ2) is 2.57. The Balaban J connectivity index is 3.02. The van der Waals surface area contributed by atoms with Crippen LogP contribution in [0.1, 0.15) is 6.42 Å². The van der Waals surface area contributed by atoms with Crippen LogP contribution in [0.15, 0.2) is 23.2 Å². The lowest BCUT2D eigenvalue weighted by molar-refractivity contribution is -0.115. The molecule has 1 aliphatic carbocycles. The Morgan fingerprint density at radius 3 is 2.64 bits per heavy atom. The van der Waals surface area contributed by atoms with Gasteiger partial charge in [-0.1, -0.05) is 0 Å². The largest absolute Gasteiger partial charge is 0.512 e. The second-order valence-corrected chi connectivity index (χ2v) is 2.17. The third-order valence-electron chi connectivity index (χ3n) is 1.35. The van der Waals surface area contributed by atoms with E-state index in [0.29, 0.717) is 6.29 Å². The third-order valence-corrected chi connectivity index (χ3v) is 1.35. The normalized spacial score (nSPS) is 18.2. The average Bonchev–Trinajstić information content (AvgIpc) is 1.96. The predicted octanol–water partition coefficient (Wildman–Crippen LogP) is 0.412.